The number of likely N-dealkylation sites (tertiary alicyclic amines) is 1. The number of benzene rings is 1. The Hall–Kier alpha value is -1.23. The summed E-state index contributed by atoms with van der Waals surface area (Å²) >= 11 is 6.05. The molecule has 0 spiro atoms. The molecule has 0 aromatic heterocycles. The third kappa shape index (κ3) is 2.86. The molecule has 1 fully saturated rings. The van der Waals surface area contributed by atoms with Crippen molar-refractivity contribution in [2.45, 2.75) is 18.7 Å². The largest absolute Gasteiger partial charge is 0.338 e. The van der Waals surface area contributed by atoms with Gasteiger partial charge in [0.15, 0.2) is 17.5 Å². The molecule has 0 radical (unpaired) electrons. The minimum absolute atomic E-state index is 0.00857. The molecular weight excluding hydrogens is 279 g/mol. The number of carbonyl (C=O) groups is 1. The first kappa shape index (κ1) is 14.2. The summed E-state index contributed by atoms with van der Waals surface area (Å²) in [6.45, 7) is 2.76. The van der Waals surface area contributed by atoms with Crippen LogP contribution in [0.1, 0.15) is 23.7 Å². The Labute approximate surface area is 114 Å². The number of piperidine rings is 1. The van der Waals surface area contributed by atoms with Gasteiger partial charge in [-0.15, -0.1) is 11.6 Å². The molecule has 0 aliphatic carbocycles. The van der Waals surface area contributed by atoms with Crippen LogP contribution in [0.4, 0.5) is 13.2 Å². The zero-order chi connectivity index (χ0) is 14.2. The molecule has 6 heteroatoms. The zero-order valence-corrected chi connectivity index (χ0v) is 11.1. The molecule has 2 atom stereocenters. The van der Waals surface area contributed by atoms with Gasteiger partial charge in [-0.1, -0.05) is 6.92 Å². The summed E-state index contributed by atoms with van der Waals surface area (Å²) in [7, 11) is 0. The highest BCUT2D eigenvalue weighted by atomic mass is 35.5. The summed E-state index contributed by atoms with van der Waals surface area (Å²) < 4.78 is 39.0. The highest BCUT2D eigenvalue weighted by Crippen LogP contribution is 2.24. The molecule has 104 valence electrons. The number of amides is 1. The number of nitrogens with zero attached hydrogens (tertiary/aromatic N) is 1. The Morgan fingerprint density at radius 2 is 1.89 bits per heavy atom. The predicted octanol–water partition coefficient (Wildman–Crippen LogP) is 3.19. The van der Waals surface area contributed by atoms with Gasteiger partial charge in [0.05, 0.1) is 0 Å². The van der Waals surface area contributed by atoms with Crippen molar-refractivity contribution in [3.63, 3.8) is 0 Å². The van der Waals surface area contributed by atoms with E-state index in [-0.39, 0.29) is 16.9 Å². The molecule has 1 saturated heterocycles. The lowest BCUT2D eigenvalue weighted by Gasteiger charge is -2.34. The SMILES string of the molecule is CC1CN(C(=O)c2cc(F)c(F)c(F)c2)CCC1Cl. The molecule has 0 saturated carbocycles. The standard InChI is InChI=1S/C13H13ClF3NO/c1-7-6-18(3-2-9(7)14)13(19)8-4-10(15)12(17)11(16)5-8/h4-5,7,9H,2-3,6H2,1H3. The van der Waals surface area contributed by atoms with Gasteiger partial charge in [0.25, 0.3) is 5.91 Å². The third-order valence-corrected chi connectivity index (χ3v) is 3.97. The topological polar surface area (TPSA) is 20.3 Å². The first-order valence-electron chi connectivity index (χ1n) is 5.98. The number of alkyl halides is 1. The molecule has 1 heterocycles. The van der Waals surface area contributed by atoms with E-state index < -0.39 is 23.4 Å². The Kier molecular flexibility index (Phi) is 4.04. The fourth-order valence-corrected chi connectivity index (χ4v) is 2.34. The summed E-state index contributed by atoms with van der Waals surface area (Å²) in [6.07, 6.45) is 0.626. The van der Waals surface area contributed by atoms with Crippen molar-refractivity contribution in [3.05, 3.63) is 35.1 Å². The molecular formula is C13H13ClF3NO. The second kappa shape index (κ2) is 5.41. The number of carbonyl (C=O) groups excluding carboxylic acids is 1. The van der Waals surface area contributed by atoms with Crippen LogP contribution in [0.15, 0.2) is 12.1 Å². The van der Waals surface area contributed by atoms with Crippen molar-refractivity contribution in [1.82, 2.24) is 4.90 Å². The number of halogens is 4. The van der Waals surface area contributed by atoms with E-state index in [1.54, 1.807) is 0 Å². The van der Waals surface area contributed by atoms with Crippen LogP contribution in [0.5, 0.6) is 0 Å². The van der Waals surface area contributed by atoms with Crippen LogP contribution in [-0.2, 0) is 0 Å². The first-order valence-corrected chi connectivity index (χ1v) is 6.41. The normalized spacial score (nSPS) is 23.5. The minimum atomic E-state index is -1.57. The van der Waals surface area contributed by atoms with Gasteiger partial charge in [0.1, 0.15) is 0 Å². The average Bonchev–Trinajstić information content (AvgIpc) is 2.37. The van der Waals surface area contributed by atoms with Crippen LogP contribution < -0.4 is 0 Å². The van der Waals surface area contributed by atoms with E-state index in [0.717, 1.165) is 12.1 Å². The Bertz CT molecular complexity index is 486. The van der Waals surface area contributed by atoms with Crippen molar-refractivity contribution in [2.24, 2.45) is 5.92 Å². The van der Waals surface area contributed by atoms with E-state index in [2.05, 4.69) is 0 Å². The molecule has 19 heavy (non-hydrogen) atoms. The van der Waals surface area contributed by atoms with Gasteiger partial charge in [-0.05, 0) is 24.5 Å². The van der Waals surface area contributed by atoms with Crippen LogP contribution in [0.25, 0.3) is 0 Å². The van der Waals surface area contributed by atoms with Crippen molar-refractivity contribution >= 4 is 17.5 Å². The van der Waals surface area contributed by atoms with E-state index in [0.29, 0.717) is 19.5 Å². The molecule has 0 bridgehead atoms. The maximum atomic E-state index is 13.1. The minimum Gasteiger partial charge on any atom is -0.338 e. The maximum absolute atomic E-state index is 13.1. The van der Waals surface area contributed by atoms with Gasteiger partial charge in [-0.25, -0.2) is 13.2 Å². The highest BCUT2D eigenvalue weighted by molar-refractivity contribution is 6.20. The summed E-state index contributed by atoms with van der Waals surface area (Å²) in [5, 5.41) is -0.00857. The molecule has 2 nitrogen and oxygen atoms in total. The fraction of sp³-hybridized carbons (Fsp3) is 0.462. The first-order chi connectivity index (χ1) is 8.90. The lowest BCUT2D eigenvalue weighted by Crippen LogP contribution is -2.43. The summed E-state index contributed by atoms with van der Waals surface area (Å²) in [4.78, 5) is 13.6. The molecule has 1 aromatic carbocycles. The maximum Gasteiger partial charge on any atom is 0.254 e. The summed E-state index contributed by atoms with van der Waals surface area (Å²) in [6, 6.07) is 1.44. The quantitative estimate of drug-likeness (QED) is 0.575. The average molecular weight is 292 g/mol. The van der Waals surface area contributed by atoms with E-state index in [4.69, 9.17) is 11.6 Å². The van der Waals surface area contributed by atoms with Crippen LogP contribution in [0, 0.1) is 23.4 Å². The molecule has 2 unspecified atom stereocenters. The second-order valence-corrected chi connectivity index (χ2v) is 5.35. The number of hydrogen-bond acceptors (Lipinski definition) is 1. The van der Waals surface area contributed by atoms with Crippen molar-refractivity contribution in [1.29, 1.82) is 0 Å². The Balaban J connectivity index is 2.20. The fourth-order valence-electron chi connectivity index (χ4n) is 2.16. The van der Waals surface area contributed by atoms with Gasteiger partial charge in [0.2, 0.25) is 0 Å². The highest BCUT2D eigenvalue weighted by Gasteiger charge is 2.28. The number of rotatable bonds is 1. The lowest BCUT2D eigenvalue weighted by molar-refractivity contribution is 0.0685. The summed E-state index contributed by atoms with van der Waals surface area (Å²) in [5.41, 5.74) is -0.184. The van der Waals surface area contributed by atoms with E-state index >= 15 is 0 Å². The van der Waals surface area contributed by atoms with E-state index in [9.17, 15) is 18.0 Å². The van der Waals surface area contributed by atoms with E-state index in [1.165, 1.54) is 4.90 Å². The van der Waals surface area contributed by atoms with Gasteiger partial charge in [-0.2, -0.15) is 0 Å². The molecule has 1 aromatic rings. The predicted molar refractivity (Wildman–Crippen MR) is 65.6 cm³/mol. The summed E-state index contributed by atoms with van der Waals surface area (Å²) in [5.74, 6) is -4.68. The van der Waals surface area contributed by atoms with Gasteiger partial charge in [-0.3, -0.25) is 4.79 Å². The van der Waals surface area contributed by atoms with Crippen LogP contribution >= 0.6 is 11.6 Å². The molecule has 1 aliphatic heterocycles. The molecule has 0 N–H and O–H groups in total. The van der Waals surface area contributed by atoms with E-state index in [1.807, 2.05) is 6.92 Å². The zero-order valence-electron chi connectivity index (χ0n) is 10.3. The van der Waals surface area contributed by atoms with Gasteiger partial charge < -0.3 is 4.90 Å². The van der Waals surface area contributed by atoms with Gasteiger partial charge in [0, 0.05) is 24.0 Å². The Morgan fingerprint density at radius 3 is 2.42 bits per heavy atom. The smallest absolute Gasteiger partial charge is 0.254 e. The molecule has 1 aliphatic rings. The monoisotopic (exact) mass is 291 g/mol. The third-order valence-electron chi connectivity index (χ3n) is 3.32. The van der Waals surface area contributed by atoms with Crippen molar-refractivity contribution < 1.29 is 18.0 Å². The van der Waals surface area contributed by atoms with Crippen molar-refractivity contribution in [2.75, 3.05) is 13.1 Å². The second-order valence-electron chi connectivity index (χ2n) is 4.79. The van der Waals surface area contributed by atoms with Crippen LogP contribution in [-0.4, -0.2) is 29.3 Å². The molecule has 2 rings (SSSR count). The van der Waals surface area contributed by atoms with Crippen LogP contribution in [0.2, 0.25) is 0 Å². The van der Waals surface area contributed by atoms with Gasteiger partial charge >= 0.3 is 0 Å². The van der Waals surface area contributed by atoms with Crippen molar-refractivity contribution in [3.8, 4) is 0 Å². The molecule has 1 amide bonds. The lowest BCUT2D eigenvalue weighted by atomic mass is 9.99. The Morgan fingerprint density at radius 1 is 1.32 bits per heavy atom. The van der Waals surface area contributed by atoms with Crippen LogP contribution in [0.3, 0.4) is 0 Å². The number of hydrogen-bond donors (Lipinski definition) is 0.